The molecule has 0 radical (unpaired) electrons. The molecule has 0 aromatic heterocycles. The Morgan fingerprint density at radius 2 is 1.31 bits per heavy atom. The third-order valence-corrected chi connectivity index (χ3v) is 6.08. The third kappa shape index (κ3) is 3.71. The van der Waals surface area contributed by atoms with Gasteiger partial charge >= 0.3 is 0 Å². The molecule has 2 aliphatic heterocycles. The monoisotopic (exact) mass is 393 g/mol. The fourth-order valence-electron chi connectivity index (χ4n) is 4.44. The van der Waals surface area contributed by atoms with Gasteiger partial charge in [-0.2, -0.15) is 0 Å². The predicted molar refractivity (Wildman–Crippen MR) is 110 cm³/mol. The van der Waals surface area contributed by atoms with E-state index in [2.05, 4.69) is 9.80 Å². The Labute approximate surface area is 171 Å². The first kappa shape index (κ1) is 19.8. The molecule has 152 valence electrons. The minimum Gasteiger partial charge on any atom is -0.395 e. The number of amides is 2. The van der Waals surface area contributed by atoms with Gasteiger partial charge in [0, 0.05) is 39.1 Å². The summed E-state index contributed by atoms with van der Waals surface area (Å²) in [7, 11) is 0. The van der Waals surface area contributed by atoms with E-state index in [9.17, 15) is 9.59 Å². The first-order chi connectivity index (χ1) is 14.1. The van der Waals surface area contributed by atoms with Gasteiger partial charge in [-0.15, -0.1) is 0 Å². The van der Waals surface area contributed by atoms with Gasteiger partial charge in [-0.1, -0.05) is 60.7 Å². The lowest BCUT2D eigenvalue weighted by Crippen LogP contribution is -2.52. The highest BCUT2D eigenvalue weighted by molar-refractivity contribution is 6.11. The van der Waals surface area contributed by atoms with Crippen molar-refractivity contribution in [1.29, 1.82) is 0 Å². The van der Waals surface area contributed by atoms with E-state index in [1.165, 1.54) is 4.90 Å². The van der Waals surface area contributed by atoms with Crippen molar-refractivity contribution in [2.24, 2.45) is 0 Å². The highest BCUT2D eigenvalue weighted by Crippen LogP contribution is 2.42. The van der Waals surface area contributed by atoms with Gasteiger partial charge in [0.2, 0.25) is 11.8 Å². The number of nitrogens with zero attached hydrogens (tertiary/aromatic N) is 3. The Morgan fingerprint density at radius 3 is 1.83 bits per heavy atom. The molecule has 29 heavy (non-hydrogen) atoms. The zero-order chi connectivity index (χ0) is 20.3. The van der Waals surface area contributed by atoms with E-state index < -0.39 is 5.41 Å². The van der Waals surface area contributed by atoms with Crippen LogP contribution in [0.25, 0.3) is 0 Å². The molecule has 0 aliphatic carbocycles. The Balaban J connectivity index is 1.59. The van der Waals surface area contributed by atoms with Gasteiger partial charge in [0.15, 0.2) is 0 Å². The van der Waals surface area contributed by atoms with Crippen molar-refractivity contribution in [1.82, 2.24) is 14.7 Å². The van der Waals surface area contributed by atoms with Gasteiger partial charge in [-0.25, -0.2) is 0 Å². The van der Waals surface area contributed by atoms with E-state index in [1.807, 2.05) is 60.7 Å². The molecule has 2 amide bonds. The van der Waals surface area contributed by atoms with Crippen LogP contribution in [-0.4, -0.2) is 77.6 Å². The summed E-state index contributed by atoms with van der Waals surface area (Å²) in [5.41, 5.74) is 0.762. The minimum absolute atomic E-state index is 0.125. The normalized spacial score (nSPS) is 20.4. The number of aliphatic hydroxyl groups excluding tert-OH is 1. The van der Waals surface area contributed by atoms with Gasteiger partial charge < -0.3 is 5.11 Å². The molecule has 0 atom stereocenters. The number of hydrogen-bond acceptors (Lipinski definition) is 5. The van der Waals surface area contributed by atoms with Crippen LogP contribution in [0.3, 0.4) is 0 Å². The van der Waals surface area contributed by atoms with E-state index >= 15 is 0 Å². The molecular formula is C23H27N3O3. The SMILES string of the molecule is O=C1CC(c2ccccc2)(c2ccccc2)C(=O)N1CN1CCN(CCO)CC1. The van der Waals surface area contributed by atoms with Crippen LogP contribution in [0, 0.1) is 0 Å². The number of carbonyl (C=O) groups excluding carboxylic acids is 2. The number of hydrogen-bond donors (Lipinski definition) is 1. The molecule has 6 nitrogen and oxygen atoms in total. The molecule has 6 heteroatoms. The molecule has 0 bridgehead atoms. The summed E-state index contributed by atoms with van der Waals surface area (Å²) < 4.78 is 0. The van der Waals surface area contributed by atoms with Crippen molar-refractivity contribution in [2.75, 3.05) is 46.0 Å². The molecule has 1 N–H and O–H groups in total. The Kier molecular flexibility index (Phi) is 5.76. The highest BCUT2D eigenvalue weighted by Gasteiger charge is 2.54. The van der Waals surface area contributed by atoms with Crippen LogP contribution in [0.2, 0.25) is 0 Å². The molecule has 0 unspecified atom stereocenters. The van der Waals surface area contributed by atoms with Gasteiger partial charge in [0.1, 0.15) is 5.41 Å². The highest BCUT2D eigenvalue weighted by atomic mass is 16.3. The molecule has 2 aromatic rings. The fourth-order valence-corrected chi connectivity index (χ4v) is 4.44. The number of carbonyl (C=O) groups is 2. The third-order valence-electron chi connectivity index (χ3n) is 6.08. The molecule has 2 fully saturated rings. The average Bonchev–Trinajstić information content (AvgIpc) is 3.02. The topological polar surface area (TPSA) is 64.1 Å². The van der Waals surface area contributed by atoms with Crippen LogP contribution in [0.4, 0.5) is 0 Å². The standard InChI is InChI=1S/C23H27N3O3/c27-16-15-24-11-13-25(14-12-24)18-26-21(28)17-23(22(26)29,19-7-3-1-4-8-19)20-9-5-2-6-10-20/h1-10,27H,11-18H2. The second-order valence-corrected chi connectivity index (χ2v) is 7.77. The Morgan fingerprint density at radius 1 is 0.793 bits per heavy atom. The van der Waals surface area contributed by atoms with Crippen molar-refractivity contribution in [2.45, 2.75) is 11.8 Å². The van der Waals surface area contributed by atoms with Crippen molar-refractivity contribution >= 4 is 11.8 Å². The largest absolute Gasteiger partial charge is 0.395 e. The van der Waals surface area contributed by atoms with Gasteiger partial charge in [0.05, 0.1) is 13.3 Å². The second kappa shape index (κ2) is 8.45. The number of likely N-dealkylation sites (tertiary alicyclic amines) is 1. The van der Waals surface area contributed by atoms with E-state index in [0.717, 1.165) is 37.3 Å². The number of imide groups is 1. The molecule has 2 heterocycles. The lowest BCUT2D eigenvalue weighted by atomic mass is 9.73. The van der Waals surface area contributed by atoms with Crippen LogP contribution in [0.5, 0.6) is 0 Å². The molecule has 2 aliphatic rings. The van der Waals surface area contributed by atoms with Crippen LogP contribution >= 0.6 is 0 Å². The summed E-state index contributed by atoms with van der Waals surface area (Å²) in [6.07, 6.45) is 0.157. The van der Waals surface area contributed by atoms with Gasteiger partial charge in [-0.05, 0) is 11.1 Å². The van der Waals surface area contributed by atoms with Crippen LogP contribution in [0.1, 0.15) is 17.5 Å². The molecular weight excluding hydrogens is 366 g/mol. The number of aliphatic hydroxyl groups is 1. The van der Waals surface area contributed by atoms with Gasteiger partial charge in [-0.3, -0.25) is 24.3 Å². The number of benzene rings is 2. The van der Waals surface area contributed by atoms with E-state index in [1.54, 1.807) is 0 Å². The van der Waals surface area contributed by atoms with Crippen LogP contribution < -0.4 is 0 Å². The summed E-state index contributed by atoms with van der Waals surface area (Å²) >= 11 is 0. The summed E-state index contributed by atoms with van der Waals surface area (Å²) in [5.74, 6) is -0.266. The first-order valence-corrected chi connectivity index (χ1v) is 10.2. The summed E-state index contributed by atoms with van der Waals surface area (Å²) in [4.78, 5) is 32.5. The first-order valence-electron chi connectivity index (χ1n) is 10.2. The van der Waals surface area contributed by atoms with Crippen LogP contribution in [0.15, 0.2) is 60.7 Å². The molecule has 4 rings (SSSR count). The maximum absolute atomic E-state index is 13.7. The Hall–Kier alpha value is -2.54. The van der Waals surface area contributed by atoms with Crippen molar-refractivity contribution in [3.63, 3.8) is 0 Å². The zero-order valence-electron chi connectivity index (χ0n) is 16.5. The Bertz CT molecular complexity index is 809. The maximum atomic E-state index is 13.7. The van der Waals surface area contributed by atoms with E-state index in [0.29, 0.717) is 13.2 Å². The van der Waals surface area contributed by atoms with E-state index in [4.69, 9.17) is 5.11 Å². The second-order valence-electron chi connectivity index (χ2n) is 7.77. The lowest BCUT2D eigenvalue weighted by Gasteiger charge is -2.36. The summed E-state index contributed by atoms with van der Waals surface area (Å²) in [5, 5.41) is 9.10. The van der Waals surface area contributed by atoms with Crippen molar-refractivity contribution in [3.05, 3.63) is 71.8 Å². The minimum atomic E-state index is -0.960. The van der Waals surface area contributed by atoms with E-state index in [-0.39, 0.29) is 24.8 Å². The fraction of sp³-hybridized carbons (Fsp3) is 0.391. The summed E-state index contributed by atoms with van der Waals surface area (Å²) in [6.45, 7) is 4.37. The summed E-state index contributed by atoms with van der Waals surface area (Å²) in [6, 6.07) is 19.3. The number of rotatable bonds is 6. The number of β-amino-alcohol motifs (C(OH)–C–C–N with tert-alkyl or cyclic N) is 1. The molecule has 0 saturated carbocycles. The van der Waals surface area contributed by atoms with Crippen LogP contribution in [-0.2, 0) is 15.0 Å². The van der Waals surface area contributed by atoms with Gasteiger partial charge in [0.25, 0.3) is 0 Å². The predicted octanol–water partition coefficient (Wildman–Crippen LogP) is 1.30. The molecule has 2 aromatic carbocycles. The number of piperazine rings is 1. The molecule has 0 spiro atoms. The quantitative estimate of drug-likeness (QED) is 0.750. The average molecular weight is 393 g/mol. The van der Waals surface area contributed by atoms with Crippen molar-refractivity contribution < 1.29 is 14.7 Å². The van der Waals surface area contributed by atoms with Crippen molar-refractivity contribution in [3.8, 4) is 0 Å². The smallest absolute Gasteiger partial charge is 0.245 e. The zero-order valence-corrected chi connectivity index (χ0v) is 16.5. The lowest BCUT2D eigenvalue weighted by molar-refractivity contribution is -0.142. The molecule has 2 saturated heterocycles. The maximum Gasteiger partial charge on any atom is 0.245 e.